The number of carboxylic acids is 1. The fourth-order valence-corrected chi connectivity index (χ4v) is 1.88. The van der Waals surface area contributed by atoms with E-state index in [4.69, 9.17) is 27.2 Å². The Bertz CT molecular complexity index is 661. The number of anilines is 1. The van der Waals surface area contributed by atoms with Crippen LogP contribution in [0.1, 0.15) is 15.9 Å². The zero-order valence-electron chi connectivity index (χ0n) is 10.3. The quantitative estimate of drug-likeness (QED) is 0.849. The molecule has 3 N–H and O–H groups in total. The Morgan fingerprint density at radius 2 is 2.10 bits per heavy atom. The van der Waals surface area contributed by atoms with Gasteiger partial charge in [-0.15, -0.1) is 0 Å². The van der Waals surface area contributed by atoms with Crippen molar-refractivity contribution >= 4 is 23.3 Å². The van der Waals surface area contributed by atoms with Crippen molar-refractivity contribution in [2.24, 2.45) is 0 Å². The topological polar surface area (TPSA) is 72.5 Å². The van der Waals surface area contributed by atoms with Crippen LogP contribution in [0.3, 0.4) is 0 Å². The SMILES string of the molecule is Nc1cccc(OCc2cc(F)ccc2Cl)c1C(=O)O. The van der Waals surface area contributed by atoms with Gasteiger partial charge in [0.05, 0.1) is 0 Å². The third-order valence-corrected chi connectivity index (χ3v) is 3.03. The first-order valence-corrected chi connectivity index (χ1v) is 6.05. The molecule has 0 heterocycles. The van der Waals surface area contributed by atoms with Crippen molar-refractivity contribution in [3.8, 4) is 5.75 Å². The number of benzene rings is 2. The van der Waals surface area contributed by atoms with Crippen LogP contribution in [0.5, 0.6) is 5.75 Å². The lowest BCUT2D eigenvalue weighted by Crippen LogP contribution is -2.07. The second kappa shape index (κ2) is 5.79. The molecule has 0 saturated carbocycles. The van der Waals surface area contributed by atoms with Crippen LogP contribution in [0, 0.1) is 5.82 Å². The van der Waals surface area contributed by atoms with E-state index < -0.39 is 11.8 Å². The Morgan fingerprint density at radius 3 is 2.80 bits per heavy atom. The largest absolute Gasteiger partial charge is 0.488 e. The lowest BCUT2D eigenvalue weighted by atomic mass is 10.1. The first kappa shape index (κ1) is 14.1. The monoisotopic (exact) mass is 295 g/mol. The van der Waals surface area contributed by atoms with Crippen LogP contribution >= 0.6 is 11.6 Å². The smallest absolute Gasteiger partial charge is 0.341 e. The summed E-state index contributed by atoms with van der Waals surface area (Å²) < 4.78 is 18.5. The fraction of sp³-hybridized carbons (Fsp3) is 0.0714. The maximum absolute atomic E-state index is 13.1. The molecule has 2 rings (SSSR count). The zero-order chi connectivity index (χ0) is 14.7. The molecule has 0 aromatic heterocycles. The molecule has 0 spiro atoms. The number of carboxylic acid groups (broad SMARTS) is 1. The van der Waals surface area contributed by atoms with E-state index >= 15 is 0 Å². The van der Waals surface area contributed by atoms with Crippen LogP contribution < -0.4 is 10.5 Å². The summed E-state index contributed by atoms with van der Waals surface area (Å²) in [6, 6.07) is 8.39. The van der Waals surface area contributed by atoms with Gasteiger partial charge in [-0.2, -0.15) is 0 Å². The molecule has 104 valence electrons. The van der Waals surface area contributed by atoms with Crippen LogP contribution in [0.4, 0.5) is 10.1 Å². The highest BCUT2D eigenvalue weighted by atomic mass is 35.5. The number of ether oxygens (including phenoxy) is 1. The Morgan fingerprint density at radius 1 is 1.35 bits per heavy atom. The van der Waals surface area contributed by atoms with Gasteiger partial charge >= 0.3 is 5.97 Å². The van der Waals surface area contributed by atoms with Gasteiger partial charge in [-0.3, -0.25) is 0 Å². The molecule has 4 nitrogen and oxygen atoms in total. The number of nitrogens with two attached hydrogens (primary N) is 1. The van der Waals surface area contributed by atoms with Crippen molar-refractivity contribution in [1.82, 2.24) is 0 Å². The lowest BCUT2D eigenvalue weighted by molar-refractivity contribution is 0.0693. The molecule has 2 aromatic carbocycles. The average molecular weight is 296 g/mol. The molecule has 0 bridgehead atoms. The van der Waals surface area contributed by atoms with Crippen molar-refractivity contribution in [3.05, 3.63) is 58.4 Å². The van der Waals surface area contributed by atoms with E-state index in [2.05, 4.69) is 0 Å². The third-order valence-electron chi connectivity index (χ3n) is 2.66. The molecule has 0 aliphatic rings. The highest BCUT2D eigenvalue weighted by Crippen LogP contribution is 2.26. The minimum absolute atomic E-state index is 0.0552. The summed E-state index contributed by atoms with van der Waals surface area (Å²) in [5, 5.41) is 9.44. The minimum Gasteiger partial charge on any atom is -0.488 e. The van der Waals surface area contributed by atoms with E-state index in [1.165, 1.54) is 30.3 Å². The first-order valence-electron chi connectivity index (χ1n) is 5.67. The Balaban J connectivity index is 2.25. The van der Waals surface area contributed by atoms with Crippen molar-refractivity contribution < 1.29 is 19.0 Å². The van der Waals surface area contributed by atoms with E-state index in [1.54, 1.807) is 6.07 Å². The van der Waals surface area contributed by atoms with Crippen molar-refractivity contribution in [3.63, 3.8) is 0 Å². The predicted molar refractivity (Wildman–Crippen MR) is 73.6 cm³/mol. The summed E-state index contributed by atoms with van der Waals surface area (Å²) in [6.45, 7) is -0.0552. The second-order valence-electron chi connectivity index (χ2n) is 4.05. The molecule has 0 atom stereocenters. The number of hydrogen-bond acceptors (Lipinski definition) is 3. The van der Waals surface area contributed by atoms with Crippen LogP contribution in [-0.4, -0.2) is 11.1 Å². The molecule has 2 aromatic rings. The summed E-state index contributed by atoms with van der Waals surface area (Å²) >= 11 is 5.91. The summed E-state index contributed by atoms with van der Waals surface area (Å²) in [5.41, 5.74) is 5.99. The maximum Gasteiger partial charge on any atom is 0.341 e. The highest BCUT2D eigenvalue weighted by molar-refractivity contribution is 6.31. The van der Waals surface area contributed by atoms with E-state index in [0.717, 1.165) is 0 Å². The maximum atomic E-state index is 13.1. The average Bonchev–Trinajstić information content (AvgIpc) is 2.39. The number of nitrogen functional groups attached to an aromatic ring is 1. The lowest BCUT2D eigenvalue weighted by Gasteiger charge is -2.11. The summed E-state index contributed by atoms with van der Waals surface area (Å²) in [7, 11) is 0. The molecular formula is C14H11ClFNO3. The Labute approximate surface area is 119 Å². The molecule has 6 heteroatoms. The molecular weight excluding hydrogens is 285 g/mol. The van der Waals surface area contributed by atoms with Gasteiger partial charge in [-0.25, -0.2) is 9.18 Å². The molecule has 20 heavy (non-hydrogen) atoms. The van der Waals surface area contributed by atoms with Gasteiger partial charge in [-0.05, 0) is 30.3 Å². The summed E-state index contributed by atoms with van der Waals surface area (Å²) in [5.74, 6) is -1.53. The van der Waals surface area contributed by atoms with Gasteiger partial charge < -0.3 is 15.6 Å². The van der Waals surface area contributed by atoms with Gasteiger partial charge in [0.15, 0.2) is 0 Å². The minimum atomic E-state index is -1.19. The number of carbonyl (C=O) groups is 1. The molecule has 0 radical (unpaired) electrons. The summed E-state index contributed by atoms with van der Waals surface area (Å²) in [4.78, 5) is 11.1. The van der Waals surface area contributed by atoms with E-state index in [0.29, 0.717) is 10.6 Å². The van der Waals surface area contributed by atoms with Crippen LogP contribution in [0.25, 0.3) is 0 Å². The zero-order valence-corrected chi connectivity index (χ0v) is 11.0. The van der Waals surface area contributed by atoms with Gasteiger partial charge in [0.25, 0.3) is 0 Å². The van der Waals surface area contributed by atoms with Crippen molar-refractivity contribution in [1.29, 1.82) is 0 Å². The standard InChI is InChI=1S/C14H11ClFNO3/c15-10-5-4-9(16)6-8(10)7-20-12-3-1-2-11(17)13(12)14(18)19/h1-6H,7,17H2,(H,18,19). The predicted octanol–water partition coefficient (Wildman–Crippen LogP) is 3.34. The van der Waals surface area contributed by atoms with E-state index in [9.17, 15) is 9.18 Å². The van der Waals surface area contributed by atoms with Crippen LogP contribution in [-0.2, 0) is 6.61 Å². The number of aromatic carboxylic acids is 1. The van der Waals surface area contributed by atoms with Crippen molar-refractivity contribution in [2.45, 2.75) is 6.61 Å². The summed E-state index contributed by atoms with van der Waals surface area (Å²) in [6.07, 6.45) is 0. The molecule has 0 aliphatic carbocycles. The van der Waals surface area contributed by atoms with Gasteiger partial charge in [-0.1, -0.05) is 17.7 Å². The van der Waals surface area contributed by atoms with E-state index in [-0.39, 0.29) is 23.6 Å². The third kappa shape index (κ3) is 3.00. The number of hydrogen-bond donors (Lipinski definition) is 2. The second-order valence-corrected chi connectivity index (χ2v) is 4.46. The Kier molecular flexibility index (Phi) is 4.10. The molecule has 0 aliphatic heterocycles. The Hall–Kier alpha value is -2.27. The van der Waals surface area contributed by atoms with Gasteiger partial charge in [0.2, 0.25) is 0 Å². The van der Waals surface area contributed by atoms with E-state index in [1.807, 2.05) is 0 Å². The molecule has 0 unspecified atom stereocenters. The number of halogens is 2. The molecule has 0 amide bonds. The fourth-order valence-electron chi connectivity index (χ4n) is 1.71. The molecule has 0 saturated heterocycles. The highest BCUT2D eigenvalue weighted by Gasteiger charge is 2.15. The first-order chi connectivity index (χ1) is 9.49. The van der Waals surface area contributed by atoms with Crippen LogP contribution in [0.15, 0.2) is 36.4 Å². The van der Waals surface area contributed by atoms with Crippen LogP contribution in [0.2, 0.25) is 5.02 Å². The molecule has 0 fully saturated rings. The van der Waals surface area contributed by atoms with Crippen molar-refractivity contribution in [2.75, 3.05) is 5.73 Å². The number of rotatable bonds is 4. The normalized spacial score (nSPS) is 10.3. The van der Waals surface area contributed by atoms with Gasteiger partial charge in [0.1, 0.15) is 23.7 Å². The van der Waals surface area contributed by atoms with Gasteiger partial charge in [0, 0.05) is 16.3 Å².